The SMILES string of the molecule is C[C@H]1CCc2cc(F)ccc2N1C(=O)CN1C(=O)c2cccc([N+](=O)[O-])c2C1=O. The maximum Gasteiger partial charge on any atom is 0.282 e. The van der Waals surface area contributed by atoms with Gasteiger partial charge in [0, 0.05) is 17.8 Å². The number of halogens is 1. The lowest BCUT2D eigenvalue weighted by molar-refractivity contribution is -0.385. The van der Waals surface area contributed by atoms with Crippen LogP contribution >= 0.6 is 0 Å². The van der Waals surface area contributed by atoms with Crippen molar-refractivity contribution in [3.05, 3.63) is 69.0 Å². The molecule has 0 radical (unpaired) electrons. The molecule has 2 aromatic rings. The fourth-order valence-electron chi connectivity index (χ4n) is 3.92. The Kier molecular flexibility index (Phi) is 4.37. The second-order valence-corrected chi connectivity index (χ2v) is 7.08. The average Bonchev–Trinajstić information content (AvgIpc) is 2.92. The largest absolute Gasteiger partial charge is 0.308 e. The number of hydrogen-bond acceptors (Lipinski definition) is 5. The summed E-state index contributed by atoms with van der Waals surface area (Å²) in [5.74, 6) is -2.53. The number of carbonyl (C=O) groups excluding carboxylic acids is 3. The summed E-state index contributed by atoms with van der Waals surface area (Å²) in [6.07, 6.45) is 1.22. The van der Waals surface area contributed by atoms with E-state index >= 15 is 0 Å². The molecule has 9 heteroatoms. The number of anilines is 1. The van der Waals surface area contributed by atoms with Crippen molar-refractivity contribution in [3.63, 3.8) is 0 Å². The summed E-state index contributed by atoms with van der Waals surface area (Å²) in [5.41, 5.74) is 0.353. The lowest BCUT2D eigenvalue weighted by Gasteiger charge is -2.36. The highest BCUT2D eigenvalue weighted by atomic mass is 19.1. The van der Waals surface area contributed by atoms with E-state index in [9.17, 15) is 28.9 Å². The number of aryl methyl sites for hydroxylation is 1. The van der Waals surface area contributed by atoms with Gasteiger partial charge in [0.25, 0.3) is 17.5 Å². The first-order valence-corrected chi connectivity index (χ1v) is 9.03. The maximum atomic E-state index is 13.5. The summed E-state index contributed by atoms with van der Waals surface area (Å²) in [4.78, 5) is 51.0. The Morgan fingerprint density at radius 3 is 2.72 bits per heavy atom. The molecular formula is C20H16FN3O5. The smallest absolute Gasteiger partial charge is 0.282 e. The molecular weight excluding hydrogens is 381 g/mol. The zero-order chi connectivity index (χ0) is 20.9. The molecule has 0 saturated heterocycles. The van der Waals surface area contributed by atoms with Gasteiger partial charge in [0.2, 0.25) is 5.91 Å². The Labute approximate surface area is 164 Å². The molecule has 2 aliphatic rings. The molecule has 0 aliphatic carbocycles. The van der Waals surface area contributed by atoms with Crippen LogP contribution in [0.5, 0.6) is 0 Å². The number of amides is 3. The van der Waals surface area contributed by atoms with E-state index in [1.807, 2.05) is 6.92 Å². The minimum absolute atomic E-state index is 0.0915. The third-order valence-electron chi connectivity index (χ3n) is 5.31. The van der Waals surface area contributed by atoms with E-state index in [-0.39, 0.29) is 17.2 Å². The Hall–Kier alpha value is -3.62. The normalized spacial score (nSPS) is 17.9. The van der Waals surface area contributed by atoms with E-state index < -0.39 is 40.7 Å². The van der Waals surface area contributed by atoms with Crippen molar-refractivity contribution in [2.24, 2.45) is 0 Å². The lowest BCUT2D eigenvalue weighted by Crippen LogP contribution is -2.48. The summed E-state index contributed by atoms with van der Waals surface area (Å²) in [5, 5.41) is 11.2. The van der Waals surface area contributed by atoms with Crippen LogP contribution in [0, 0.1) is 15.9 Å². The number of nitro benzene ring substituents is 1. The predicted octanol–water partition coefficient (Wildman–Crippen LogP) is 2.70. The number of fused-ring (bicyclic) bond motifs is 2. The third-order valence-corrected chi connectivity index (χ3v) is 5.31. The first-order chi connectivity index (χ1) is 13.8. The van der Waals surface area contributed by atoms with Crippen molar-refractivity contribution in [1.29, 1.82) is 0 Å². The van der Waals surface area contributed by atoms with Crippen LogP contribution in [0.1, 0.15) is 39.6 Å². The topological polar surface area (TPSA) is 101 Å². The molecule has 0 bridgehead atoms. The van der Waals surface area contributed by atoms with E-state index in [1.54, 1.807) is 0 Å². The van der Waals surface area contributed by atoms with Gasteiger partial charge in [-0.25, -0.2) is 4.39 Å². The second-order valence-electron chi connectivity index (χ2n) is 7.08. The van der Waals surface area contributed by atoms with Gasteiger partial charge in [-0.15, -0.1) is 0 Å². The monoisotopic (exact) mass is 397 g/mol. The zero-order valence-electron chi connectivity index (χ0n) is 15.4. The lowest BCUT2D eigenvalue weighted by atomic mass is 9.96. The predicted molar refractivity (Wildman–Crippen MR) is 100 cm³/mol. The third kappa shape index (κ3) is 2.95. The van der Waals surface area contributed by atoms with Gasteiger partial charge in [0.05, 0.1) is 10.5 Å². The fourth-order valence-corrected chi connectivity index (χ4v) is 3.92. The summed E-state index contributed by atoms with van der Waals surface area (Å²) < 4.78 is 13.5. The number of carbonyl (C=O) groups is 3. The minimum atomic E-state index is -0.866. The van der Waals surface area contributed by atoms with Gasteiger partial charge in [-0.2, -0.15) is 0 Å². The van der Waals surface area contributed by atoms with Crippen LogP contribution in [0.25, 0.3) is 0 Å². The maximum absolute atomic E-state index is 13.5. The summed E-state index contributed by atoms with van der Waals surface area (Å²) in [6.45, 7) is 1.28. The van der Waals surface area contributed by atoms with Crippen molar-refractivity contribution in [2.45, 2.75) is 25.8 Å². The van der Waals surface area contributed by atoms with Crippen molar-refractivity contribution in [1.82, 2.24) is 4.90 Å². The van der Waals surface area contributed by atoms with Gasteiger partial charge in [0.15, 0.2) is 0 Å². The number of benzene rings is 2. The van der Waals surface area contributed by atoms with Crippen molar-refractivity contribution in [2.75, 3.05) is 11.4 Å². The Morgan fingerprint density at radius 2 is 2.00 bits per heavy atom. The number of imide groups is 1. The molecule has 0 spiro atoms. The molecule has 0 unspecified atom stereocenters. The molecule has 1 atom stereocenters. The van der Waals surface area contributed by atoms with E-state index in [0.29, 0.717) is 24.1 Å². The Bertz CT molecular complexity index is 1080. The Morgan fingerprint density at radius 1 is 1.24 bits per heavy atom. The Balaban J connectivity index is 1.65. The summed E-state index contributed by atoms with van der Waals surface area (Å²) >= 11 is 0. The van der Waals surface area contributed by atoms with E-state index in [0.717, 1.165) is 11.0 Å². The molecule has 8 nitrogen and oxygen atoms in total. The quantitative estimate of drug-likeness (QED) is 0.450. The standard InChI is InChI=1S/C20H16FN3O5/c1-11-5-6-12-9-13(21)7-8-15(12)23(11)17(25)10-22-19(26)14-3-2-4-16(24(28)29)18(14)20(22)27/h2-4,7-9,11H,5-6,10H2,1H3/t11-/m0/s1. The van der Waals surface area contributed by atoms with Gasteiger partial charge < -0.3 is 4.90 Å². The molecule has 2 aliphatic heterocycles. The van der Waals surface area contributed by atoms with Crippen LogP contribution in [0.4, 0.5) is 15.8 Å². The molecule has 0 fully saturated rings. The molecule has 148 valence electrons. The van der Waals surface area contributed by atoms with E-state index in [1.165, 1.54) is 35.2 Å². The summed E-state index contributed by atoms with van der Waals surface area (Å²) in [7, 11) is 0. The molecule has 2 aromatic carbocycles. The number of nitro groups is 1. The number of hydrogen-bond donors (Lipinski definition) is 0. The first kappa shape index (κ1) is 18.7. The van der Waals surface area contributed by atoms with Gasteiger partial charge >= 0.3 is 0 Å². The van der Waals surface area contributed by atoms with Gasteiger partial charge in [-0.1, -0.05) is 6.07 Å². The number of rotatable bonds is 3. The minimum Gasteiger partial charge on any atom is -0.308 e. The van der Waals surface area contributed by atoms with Crippen LogP contribution < -0.4 is 4.90 Å². The molecule has 2 heterocycles. The highest BCUT2D eigenvalue weighted by Gasteiger charge is 2.43. The van der Waals surface area contributed by atoms with E-state index in [2.05, 4.69) is 0 Å². The van der Waals surface area contributed by atoms with Gasteiger partial charge in [0.1, 0.15) is 17.9 Å². The van der Waals surface area contributed by atoms with Gasteiger partial charge in [-0.05, 0) is 49.6 Å². The fraction of sp³-hybridized carbons (Fsp3) is 0.250. The first-order valence-electron chi connectivity index (χ1n) is 9.03. The summed E-state index contributed by atoms with van der Waals surface area (Å²) in [6, 6.07) is 7.72. The van der Waals surface area contributed by atoms with Crippen LogP contribution in [0.2, 0.25) is 0 Å². The molecule has 29 heavy (non-hydrogen) atoms. The molecule has 3 amide bonds. The van der Waals surface area contributed by atoms with Crippen LogP contribution in [-0.4, -0.2) is 40.1 Å². The molecule has 0 aromatic heterocycles. The molecule has 0 N–H and O–H groups in total. The van der Waals surface area contributed by atoms with E-state index in [4.69, 9.17) is 0 Å². The van der Waals surface area contributed by atoms with Crippen LogP contribution in [0.15, 0.2) is 36.4 Å². The van der Waals surface area contributed by atoms with Crippen molar-refractivity contribution in [3.8, 4) is 0 Å². The van der Waals surface area contributed by atoms with Crippen LogP contribution in [-0.2, 0) is 11.2 Å². The van der Waals surface area contributed by atoms with Crippen molar-refractivity contribution < 1.29 is 23.7 Å². The molecule has 4 rings (SSSR count). The second kappa shape index (κ2) is 6.77. The highest BCUT2D eigenvalue weighted by Crippen LogP contribution is 2.33. The molecule has 0 saturated carbocycles. The van der Waals surface area contributed by atoms with Gasteiger partial charge in [-0.3, -0.25) is 29.4 Å². The average molecular weight is 397 g/mol. The zero-order valence-corrected chi connectivity index (χ0v) is 15.4. The van der Waals surface area contributed by atoms with Crippen molar-refractivity contribution >= 4 is 29.1 Å². The van der Waals surface area contributed by atoms with Crippen LogP contribution in [0.3, 0.4) is 0 Å². The highest BCUT2D eigenvalue weighted by molar-refractivity contribution is 6.24. The number of nitrogens with zero attached hydrogens (tertiary/aromatic N) is 3.